The molecule has 2 aromatic rings. The number of hydrogen-bond donors (Lipinski definition) is 1. The topological polar surface area (TPSA) is 92.8 Å². The molecule has 2 aromatic carbocycles. The predicted octanol–water partition coefficient (Wildman–Crippen LogP) is 2.94. The Hall–Kier alpha value is -2.42. The van der Waals surface area contributed by atoms with Crippen LogP contribution in [0.3, 0.4) is 0 Å². The highest BCUT2D eigenvalue weighted by molar-refractivity contribution is 7.89. The van der Waals surface area contributed by atoms with Crippen molar-refractivity contribution in [1.82, 2.24) is 9.62 Å². The first-order valence-electron chi connectivity index (χ1n) is 9.46. The standard InChI is InChI=1S/C21H23ClN2O5S/c1-24(2)30(27,28)15-10-11-18(22)17(12-15)21(26)29-13-20(25)23-19-9-5-7-14-6-3-4-8-16(14)19/h3-4,6,8,10-12,19H,5,7,9,13H2,1-2H3,(H,23,25)/t19-/m1/s1. The van der Waals surface area contributed by atoms with Crippen molar-refractivity contribution in [3.63, 3.8) is 0 Å². The van der Waals surface area contributed by atoms with Crippen LogP contribution in [0.4, 0.5) is 0 Å². The van der Waals surface area contributed by atoms with Crippen LogP contribution in [0.25, 0.3) is 0 Å². The van der Waals surface area contributed by atoms with E-state index in [1.54, 1.807) is 0 Å². The SMILES string of the molecule is CN(C)S(=O)(=O)c1ccc(Cl)c(C(=O)OCC(=O)N[C@@H]2CCCc3ccccc32)c1. The lowest BCUT2D eigenvalue weighted by atomic mass is 9.88. The smallest absolute Gasteiger partial charge is 0.340 e. The van der Waals surface area contributed by atoms with Crippen LogP contribution in [0, 0.1) is 0 Å². The van der Waals surface area contributed by atoms with Crippen molar-refractivity contribution in [2.24, 2.45) is 0 Å². The number of halogens is 1. The molecule has 0 saturated heterocycles. The van der Waals surface area contributed by atoms with Crippen molar-refractivity contribution in [2.75, 3.05) is 20.7 Å². The Balaban J connectivity index is 1.66. The fourth-order valence-electron chi connectivity index (χ4n) is 3.38. The van der Waals surface area contributed by atoms with E-state index in [1.807, 2.05) is 24.3 Å². The molecule has 0 spiro atoms. The molecule has 1 amide bonds. The molecule has 1 atom stereocenters. The summed E-state index contributed by atoms with van der Waals surface area (Å²) in [5.74, 6) is -1.30. The van der Waals surface area contributed by atoms with E-state index < -0.39 is 28.5 Å². The number of carbonyl (C=O) groups is 2. The summed E-state index contributed by atoms with van der Waals surface area (Å²) in [6.45, 7) is -0.488. The summed E-state index contributed by atoms with van der Waals surface area (Å²) >= 11 is 6.04. The van der Waals surface area contributed by atoms with Gasteiger partial charge in [-0.2, -0.15) is 0 Å². The fourth-order valence-corrected chi connectivity index (χ4v) is 4.50. The van der Waals surface area contributed by atoms with E-state index in [4.69, 9.17) is 16.3 Å². The van der Waals surface area contributed by atoms with Crippen molar-refractivity contribution in [1.29, 1.82) is 0 Å². The van der Waals surface area contributed by atoms with Crippen LogP contribution < -0.4 is 5.32 Å². The number of benzene rings is 2. The minimum atomic E-state index is -3.74. The molecule has 160 valence electrons. The third kappa shape index (κ3) is 4.83. The minimum absolute atomic E-state index is 0.0410. The van der Waals surface area contributed by atoms with E-state index in [2.05, 4.69) is 5.32 Å². The number of carbonyl (C=O) groups excluding carboxylic acids is 2. The zero-order valence-corrected chi connectivity index (χ0v) is 18.3. The van der Waals surface area contributed by atoms with Crippen molar-refractivity contribution < 1.29 is 22.7 Å². The third-order valence-electron chi connectivity index (χ3n) is 4.98. The first-order chi connectivity index (χ1) is 14.2. The molecule has 0 saturated carbocycles. The number of aryl methyl sites for hydroxylation is 1. The number of ether oxygens (including phenoxy) is 1. The Morgan fingerprint density at radius 2 is 1.93 bits per heavy atom. The van der Waals surface area contributed by atoms with E-state index in [0.717, 1.165) is 35.2 Å². The molecule has 0 fully saturated rings. The molecule has 30 heavy (non-hydrogen) atoms. The molecular formula is C21H23ClN2O5S. The van der Waals surface area contributed by atoms with Crippen LogP contribution in [-0.4, -0.2) is 45.3 Å². The second-order valence-corrected chi connectivity index (χ2v) is 9.78. The van der Waals surface area contributed by atoms with Crippen LogP contribution in [0.2, 0.25) is 5.02 Å². The summed E-state index contributed by atoms with van der Waals surface area (Å²) in [5, 5.41) is 2.94. The Morgan fingerprint density at radius 1 is 1.20 bits per heavy atom. The van der Waals surface area contributed by atoms with Gasteiger partial charge in [0.05, 0.1) is 21.5 Å². The maximum atomic E-state index is 12.4. The Labute approximate surface area is 181 Å². The molecule has 1 aliphatic rings. The maximum absolute atomic E-state index is 12.4. The molecule has 0 radical (unpaired) electrons. The van der Waals surface area contributed by atoms with Gasteiger partial charge in [-0.3, -0.25) is 4.79 Å². The average Bonchev–Trinajstić information content (AvgIpc) is 2.72. The van der Waals surface area contributed by atoms with Crippen molar-refractivity contribution in [3.8, 4) is 0 Å². The third-order valence-corrected chi connectivity index (χ3v) is 7.12. The zero-order valence-electron chi connectivity index (χ0n) is 16.7. The molecule has 9 heteroatoms. The number of nitrogens with zero attached hydrogens (tertiary/aromatic N) is 1. The van der Waals surface area contributed by atoms with Gasteiger partial charge in [-0.1, -0.05) is 35.9 Å². The number of sulfonamides is 1. The molecule has 0 heterocycles. The summed E-state index contributed by atoms with van der Waals surface area (Å²) in [6, 6.07) is 11.6. The van der Waals surface area contributed by atoms with Crippen LogP contribution in [0.1, 0.15) is 40.4 Å². The number of fused-ring (bicyclic) bond motifs is 1. The van der Waals surface area contributed by atoms with Gasteiger partial charge in [0.25, 0.3) is 5.91 Å². The number of nitrogens with one attached hydrogen (secondary N) is 1. The Kier molecular flexibility index (Phi) is 6.80. The van der Waals surface area contributed by atoms with E-state index in [-0.39, 0.29) is 21.5 Å². The molecule has 0 unspecified atom stereocenters. The van der Waals surface area contributed by atoms with Gasteiger partial charge in [0, 0.05) is 14.1 Å². The lowest BCUT2D eigenvalue weighted by Gasteiger charge is -2.26. The summed E-state index contributed by atoms with van der Waals surface area (Å²) < 4.78 is 30.7. The number of rotatable bonds is 6. The van der Waals surface area contributed by atoms with E-state index in [1.165, 1.54) is 31.8 Å². The van der Waals surface area contributed by atoms with Crippen molar-refractivity contribution >= 4 is 33.5 Å². The Morgan fingerprint density at radius 3 is 2.67 bits per heavy atom. The highest BCUT2D eigenvalue weighted by atomic mass is 35.5. The van der Waals surface area contributed by atoms with Gasteiger partial charge in [-0.15, -0.1) is 0 Å². The molecular weight excluding hydrogens is 428 g/mol. The molecule has 1 N–H and O–H groups in total. The number of esters is 1. The minimum Gasteiger partial charge on any atom is -0.452 e. The van der Waals surface area contributed by atoms with E-state index in [0.29, 0.717) is 0 Å². The van der Waals surface area contributed by atoms with Gasteiger partial charge < -0.3 is 10.1 Å². The molecule has 0 aliphatic heterocycles. The average molecular weight is 451 g/mol. The quantitative estimate of drug-likeness (QED) is 0.683. The van der Waals surface area contributed by atoms with Crippen LogP contribution in [-0.2, 0) is 26.0 Å². The van der Waals surface area contributed by atoms with Gasteiger partial charge in [0.15, 0.2) is 6.61 Å². The number of hydrogen-bond acceptors (Lipinski definition) is 5. The molecule has 1 aliphatic carbocycles. The second kappa shape index (κ2) is 9.16. The monoisotopic (exact) mass is 450 g/mol. The normalized spacial score (nSPS) is 16.1. The summed E-state index contributed by atoms with van der Waals surface area (Å²) in [4.78, 5) is 24.7. The molecule has 7 nitrogen and oxygen atoms in total. The van der Waals surface area contributed by atoms with Crippen molar-refractivity contribution in [2.45, 2.75) is 30.2 Å². The van der Waals surface area contributed by atoms with Crippen molar-refractivity contribution in [3.05, 3.63) is 64.2 Å². The highest BCUT2D eigenvalue weighted by Crippen LogP contribution is 2.29. The largest absolute Gasteiger partial charge is 0.452 e. The fraction of sp³-hybridized carbons (Fsp3) is 0.333. The molecule has 3 rings (SSSR count). The zero-order chi connectivity index (χ0) is 21.9. The highest BCUT2D eigenvalue weighted by Gasteiger charge is 2.24. The van der Waals surface area contributed by atoms with Gasteiger partial charge in [-0.25, -0.2) is 17.5 Å². The van der Waals surface area contributed by atoms with Crippen LogP contribution in [0.15, 0.2) is 47.4 Å². The second-order valence-electron chi connectivity index (χ2n) is 7.22. The Bertz CT molecular complexity index is 1070. The van der Waals surface area contributed by atoms with Gasteiger partial charge in [-0.05, 0) is 48.6 Å². The van der Waals surface area contributed by atoms with Gasteiger partial charge >= 0.3 is 5.97 Å². The summed E-state index contributed by atoms with van der Waals surface area (Å²) in [7, 11) is -0.972. The first kappa shape index (κ1) is 22.3. The van der Waals surface area contributed by atoms with E-state index in [9.17, 15) is 18.0 Å². The number of amides is 1. The summed E-state index contributed by atoms with van der Waals surface area (Å²) in [5.41, 5.74) is 2.17. The summed E-state index contributed by atoms with van der Waals surface area (Å²) in [6.07, 6.45) is 2.75. The molecule has 0 bridgehead atoms. The predicted molar refractivity (Wildman–Crippen MR) is 113 cm³/mol. The van der Waals surface area contributed by atoms with Gasteiger partial charge in [0.1, 0.15) is 0 Å². The first-order valence-corrected chi connectivity index (χ1v) is 11.3. The maximum Gasteiger partial charge on any atom is 0.340 e. The van der Waals surface area contributed by atoms with E-state index >= 15 is 0 Å². The van der Waals surface area contributed by atoms with Gasteiger partial charge in [0.2, 0.25) is 10.0 Å². The molecule has 0 aromatic heterocycles. The van der Waals surface area contributed by atoms with Crippen LogP contribution >= 0.6 is 11.6 Å². The van der Waals surface area contributed by atoms with Crippen LogP contribution in [0.5, 0.6) is 0 Å². The lowest BCUT2D eigenvalue weighted by molar-refractivity contribution is -0.125. The lowest BCUT2D eigenvalue weighted by Crippen LogP contribution is -2.34.